The molecule has 1 fully saturated rings. The number of hydrogen-bond donors (Lipinski definition) is 0. The Balaban J connectivity index is 2.10. The summed E-state index contributed by atoms with van der Waals surface area (Å²) in [5, 5.41) is 0. The molecule has 0 N–H and O–H groups in total. The van der Waals surface area contributed by atoms with Crippen LogP contribution >= 0.6 is 15.9 Å². The molecule has 0 aliphatic carbocycles. The predicted octanol–water partition coefficient (Wildman–Crippen LogP) is 2.98. The second-order valence-electron chi connectivity index (χ2n) is 5.08. The van der Waals surface area contributed by atoms with Crippen molar-refractivity contribution < 1.29 is 4.74 Å². The molecule has 0 bridgehead atoms. The highest BCUT2D eigenvalue weighted by Crippen LogP contribution is 2.21. The van der Waals surface area contributed by atoms with Gasteiger partial charge in [-0.25, -0.2) is 9.97 Å². The smallest absolute Gasteiger partial charge is 0.134 e. The zero-order valence-electron chi connectivity index (χ0n) is 11.2. The third kappa shape index (κ3) is 3.42. The van der Waals surface area contributed by atoms with Gasteiger partial charge in [0.05, 0.1) is 6.10 Å². The average molecular weight is 314 g/mol. The van der Waals surface area contributed by atoms with Gasteiger partial charge in [0.1, 0.15) is 16.2 Å². The molecule has 100 valence electrons. The number of anilines is 1. The van der Waals surface area contributed by atoms with Crippen LogP contribution in [0.25, 0.3) is 0 Å². The molecule has 1 saturated heterocycles. The molecule has 2 heterocycles. The van der Waals surface area contributed by atoms with Gasteiger partial charge in [0.25, 0.3) is 0 Å². The van der Waals surface area contributed by atoms with Gasteiger partial charge in [0.2, 0.25) is 0 Å². The Morgan fingerprint density at radius 3 is 2.89 bits per heavy atom. The fourth-order valence-corrected chi connectivity index (χ4v) is 2.45. The first kappa shape index (κ1) is 13.7. The van der Waals surface area contributed by atoms with E-state index in [0.29, 0.717) is 12.0 Å². The molecule has 1 unspecified atom stereocenters. The second kappa shape index (κ2) is 5.97. The van der Waals surface area contributed by atoms with Crippen molar-refractivity contribution in [3.8, 4) is 0 Å². The van der Waals surface area contributed by atoms with E-state index in [2.05, 4.69) is 51.7 Å². The molecule has 1 atom stereocenters. The summed E-state index contributed by atoms with van der Waals surface area (Å²) < 4.78 is 6.50. The average Bonchev–Trinajstić information content (AvgIpc) is 2.80. The van der Waals surface area contributed by atoms with E-state index in [9.17, 15) is 0 Å². The van der Waals surface area contributed by atoms with Crippen LogP contribution in [0.2, 0.25) is 0 Å². The van der Waals surface area contributed by atoms with Crippen molar-refractivity contribution in [1.82, 2.24) is 9.97 Å². The van der Waals surface area contributed by atoms with Crippen LogP contribution in [0.15, 0.2) is 10.7 Å². The van der Waals surface area contributed by atoms with Gasteiger partial charge in [-0.15, -0.1) is 0 Å². The van der Waals surface area contributed by atoms with E-state index in [1.165, 1.54) is 6.42 Å². The highest BCUT2D eigenvalue weighted by Gasteiger charge is 2.19. The molecular weight excluding hydrogens is 294 g/mol. The van der Waals surface area contributed by atoms with E-state index < -0.39 is 0 Å². The number of nitrogens with zero attached hydrogens (tertiary/aromatic N) is 3. The van der Waals surface area contributed by atoms with Crippen LogP contribution < -0.4 is 4.90 Å². The summed E-state index contributed by atoms with van der Waals surface area (Å²) in [5.74, 6) is 2.16. The Kier molecular flexibility index (Phi) is 4.56. The maximum Gasteiger partial charge on any atom is 0.134 e. The lowest BCUT2D eigenvalue weighted by atomic mass is 10.2. The Morgan fingerprint density at radius 1 is 1.50 bits per heavy atom. The topological polar surface area (TPSA) is 38.2 Å². The first-order valence-electron chi connectivity index (χ1n) is 6.43. The Labute approximate surface area is 117 Å². The fraction of sp³-hybridized carbons (Fsp3) is 0.692. The largest absolute Gasteiger partial charge is 0.376 e. The Hall–Kier alpha value is -0.680. The standard InChI is InChI=1S/C13H20BrN3O/c1-9(2)13-15-11(14)7-12(16-13)17(3)8-10-5-4-6-18-10/h7,9-10H,4-6,8H2,1-3H3. The lowest BCUT2D eigenvalue weighted by Gasteiger charge is -2.22. The number of rotatable bonds is 4. The van der Waals surface area contributed by atoms with E-state index in [-0.39, 0.29) is 0 Å². The fourth-order valence-electron chi connectivity index (χ4n) is 2.06. The minimum Gasteiger partial charge on any atom is -0.376 e. The van der Waals surface area contributed by atoms with Crippen LogP contribution in [-0.2, 0) is 4.74 Å². The molecule has 5 heteroatoms. The van der Waals surface area contributed by atoms with Crippen LogP contribution in [-0.4, -0.2) is 36.3 Å². The van der Waals surface area contributed by atoms with Crippen molar-refractivity contribution >= 4 is 21.7 Å². The Morgan fingerprint density at radius 2 is 2.28 bits per heavy atom. The van der Waals surface area contributed by atoms with Crippen LogP contribution in [0.4, 0.5) is 5.82 Å². The molecule has 4 nitrogen and oxygen atoms in total. The SMILES string of the molecule is CC(C)c1nc(Br)cc(N(C)CC2CCCO2)n1. The van der Waals surface area contributed by atoms with Gasteiger partial charge in [-0.1, -0.05) is 13.8 Å². The summed E-state index contributed by atoms with van der Waals surface area (Å²) >= 11 is 3.45. The van der Waals surface area contributed by atoms with E-state index >= 15 is 0 Å². The van der Waals surface area contributed by atoms with Gasteiger partial charge >= 0.3 is 0 Å². The van der Waals surface area contributed by atoms with Crippen LogP contribution in [0.1, 0.15) is 38.4 Å². The van der Waals surface area contributed by atoms with Crippen molar-refractivity contribution in [2.45, 2.75) is 38.7 Å². The molecule has 0 radical (unpaired) electrons. The quantitative estimate of drug-likeness (QED) is 0.801. The molecule has 0 aromatic carbocycles. The number of halogens is 1. The van der Waals surface area contributed by atoms with Gasteiger partial charge in [-0.05, 0) is 28.8 Å². The normalized spacial score (nSPS) is 19.5. The first-order valence-corrected chi connectivity index (χ1v) is 7.23. The lowest BCUT2D eigenvalue weighted by Crippen LogP contribution is -2.29. The van der Waals surface area contributed by atoms with E-state index in [1.54, 1.807) is 0 Å². The molecular formula is C13H20BrN3O. The maximum atomic E-state index is 5.66. The van der Waals surface area contributed by atoms with Crippen molar-refractivity contribution in [3.63, 3.8) is 0 Å². The monoisotopic (exact) mass is 313 g/mol. The predicted molar refractivity (Wildman–Crippen MR) is 76.1 cm³/mol. The molecule has 0 spiro atoms. The van der Waals surface area contributed by atoms with Gasteiger partial charge in [0.15, 0.2) is 0 Å². The first-order chi connectivity index (χ1) is 8.56. The number of aromatic nitrogens is 2. The molecule has 2 rings (SSSR count). The van der Waals surface area contributed by atoms with Gasteiger partial charge < -0.3 is 9.64 Å². The second-order valence-corrected chi connectivity index (χ2v) is 5.89. The minimum atomic E-state index is 0.331. The van der Waals surface area contributed by atoms with Crippen molar-refractivity contribution in [1.29, 1.82) is 0 Å². The number of likely N-dealkylation sites (N-methyl/N-ethyl adjacent to an activating group) is 1. The van der Waals surface area contributed by atoms with E-state index in [4.69, 9.17) is 4.74 Å². The molecule has 0 amide bonds. The molecule has 18 heavy (non-hydrogen) atoms. The highest BCUT2D eigenvalue weighted by atomic mass is 79.9. The van der Waals surface area contributed by atoms with Crippen molar-refractivity contribution in [2.75, 3.05) is 25.1 Å². The summed E-state index contributed by atoms with van der Waals surface area (Å²) in [6, 6.07) is 1.96. The number of ether oxygens (including phenoxy) is 1. The number of hydrogen-bond acceptors (Lipinski definition) is 4. The molecule has 1 aromatic heterocycles. The highest BCUT2D eigenvalue weighted by molar-refractivity contribution is 9.10. The lowest BCUT2D eigenvalue weighted by molar-refractivity contribution is 0.116. The van der Waals surface area contributed by atoms with Gasteiger partial charge in [0, 0.05) is 32.2 Å². The third-order valence-corrected chi connectivity index (χ3v) is 3.51. The molecule has 1 aliphatic heterocycles. The van der Waals surface area contributed by atoms with Crippen LogP contribution in [0, 0.1) is 0 Å². The summed E-state index contributed by atoms with van der Waals surface area (Å²) in [5.41, 5.74) is 0. The Bertz CT molecular complexity index is 405. The third-order valence-electron chi connectivity index (χ3n) is 3.11. The van der Waals surface area contributed by atoms with E-state index in [1.807, 2.05) is 6.07 Å². The summed E-state index contributed by atoms with van der Waals surface area (Å²) in [6.07, 6.45) is 2.66. The molecule has 1 aromatic rings. The van der Waals surface area contributed by atoms with Crippen molar-refractivity contribution in [3.05, 3.63) is 16.5 Å². The van der Waals surface area contributed by atoms with E-state index in [0.717, 1.165) is 35.8 Å². The van der Waals surface area contributed by atoms with Crippen molar-refractivity contribution in [2.24, 2.45) is 0 Å². The zero-order valence-corrected chi connectivity index (χ0v) is 12.8. The maximum absolute atomic E-state index is 5.66. The summed E-state index contributed by atoms with van der Waals surface area (Å²) in [6.45, 7) is 5.99. The molecule has 1 aliphatic rings. The molecule has 0 saturated carbocycles. The van der Waals surface area contributed by atoms with Gasteiger partial charge in [-0.2, -0.15) is 0 Å². The van der Waals surface area contributed by atoms with Gasteiger partial charge in [-0.3, -0.25) is 0 Å². The minimum absolute atomic E-state index is 0.331. The summed E-state index contributed by atoms with van der Waals surface area (Å²) in [7, 11) is 2.06. The van der Waals surface area contributed by atoms with Crippen LogP contribution in [0.3, 0.4) is 0 Å². The van der Waals surface area contributed by atoms with Crippen LogP contribution in [0.5, 0.6) is 0 Å². The zero-order chi connectivity index (χ0) is 13.1. The summed E-state index contributed by atoms with van der Waals surface area (Å²) in [4.78, 5) is 11.1.